The first-order chi connectivity index (χ1) is 10.6. The van der Waals surface area contributed by atoms with E-state index in [1.54, 1.807) is 37.5 Å². The molecule has 5 heteroatoms. The maximum Gasteiger partial charge on any atom is 0.259 e. The quantitative estimate of drug-likeness (QED) is 0.942. The Hall–Kier alpha value is -2.82. The zero-order valence-corrected chi connectivity index (χ0v) is 12.2. The summed E-state index contributed by atoms with van der Waals surface area (Å²) in [6.45, 7) is 5.92. The van der Waals surface area contributed by atoms with Crippen LogP contribution >= 0.6 is 0 Å². The van der Waals surface area contributed by atoms with Gasteiger partial charge in [0.25, 0.3) is 5.91 Å². The Kier molecular flexibility index (Phi) is 3.55. The van der Waals surface area contributed by atoms with Crippen LogP contribution < -0.4 is 5.32 Å². The smallest absolute Gasteiger partial charge is 0.259 e. The Balaban J connectivity index is 1.73. The molecule has 112 valence electrons. The molecule has 0 unspecified atom stereocenters. The number of nitrogens with one attached hydrogen (secondary N) is 1. The van der Waals surface area contributed by atoms with Crippen LogP contribution in [0.5, 0.6) is 0 Å². The number of hydrogen-bond donors (Lipinski definition) is 1. The average Bonchev–Trinajstić information content (AvgIpc) is 3.13. The van der Waals surface area contributed by atoms with E-state index in [1.165, 1.54) is 4.90 Å². The van der Waals surface area contributed by atoms with Gasteiger partial charge in [0.05, 0.1) is 12.8 Å². The fraction of sp³-hybridized carbons (Fsp3) is 0.176. The molecule has 1 aromatic carbocycles. The molecule has 2 aromatic rings. The topological polar surface area (TPSA) is 62.6 Å². The van der Waals surface area contributed by atoms with Crippen molar-refractivity contribution in [2.45, 2.75) is 19.5 Å². The second kappa shape index (κ2) is 5.52. The maximum atomic E-state index is 12.5. The summed E-state index contributed by atoms with van der Waals surface area (Å²) in [5.74, 6) is 0.218. The Bertz CT molecular complexity index is 699. The molecule has 0 saturated carbocycles. The van der Waals surface area contributed by atoms with Gasteiger partial charge in [-0.2, -0.15) is 0 Å². The first-order valence-corrected chi connectivity index (χ1v) is 7.01. The molecule has 2 amide bonds. The monoisotopic (exact) mass is 296 g/mol. The van der Waals surface area contributed by atoms with E-state index in [0.717, 1.165) is 5.56 Å². The third-order valence-electron chi connectivity index (χ3n) is 3.76. The van der Waals surface area contributed by atoms with Crippen LogP contribution in [0.15, 0.2) is 53.7 Å². The van der Waals surface area contributed by atoms with E-state index in [-0.39, 0.29) is 18.4 Å². The molecule has 1 aliphatic rings. The van der Waals surface area contributed by atoms with Crippen molar-refractivity contribution in [1.29, 1.82) is 0 Å². The number of nitrogens with zero attached hydrogens (tertiary/aromatic N) is 1. The van der Waals surface area contributed by atoms with Gasteiger partial charge in [0.15, 0.2) is 0 Å². The highest BCUT2D eigenvalue weighted by molar-refractivity contribution is 6.10. The van der Waals surface area contributed by atoms with Crippen molar-refractivity contribution in [2.75, 3.05) is 0 Å². The first kappa shape index (κ1) is 14.1. The van der Waals surface area contributed by atoms with Gasteiger partial charge in [-0.05, 0) is 25.1 Å². The summed E-state index contributed by atoms with van der Waals surface area (Å²) in [4.78, 5) is 26.2. The molecule has 0 saturated heterocycles. The molecular weight excluding hydrogens is 280 g/mol. The number of furan rings is 1. The minimum Gasteiger partial charge on any atom is -0.467 e. The Morgan fingerprint density at radius 3 is 2.64 bits per heavy atom. The van der Waals surface area contributed by atoms with Crippen molar-refractivity contribution in [3.63, 3.8) is 0 Å². The lowest BCUT2D eigenvalue weighted by molar-refractivity contribution is -0.124. The number of amides is 2. The zero-order valence-electron chi connectivity index (χ0n) is 12.2. The van der Waals surface area contributed by atoms with Gasteiger partial charge in [-0.15, -0.1) is 0 Å². The summed E-state index contributed by atoms with van der Waals surface area (Å²) in [5.41, 5.74) is 1.91. The van der Waals surface area contributed by atoms with E-state index in [2.05, 4.69) is 11.9 Å². The number of rotatable bonds is 4. The molecule has 22 heavy (non-hydrogen) atoms. The van der Waals surface area contributed by atoms with Crippen molar-refractivity contribution in [3.8, 4) is 0 Å². The molecule has 1 N–H and O–H groups in total. The molecule has 0 aliphatic carbocycles. The van der Waals surface area contributed by atoms with Gasteiger partial charge in [-0.25, -0.2) is 0 Å². The number of carbonyl (C=O) groups is 2. The van der Waals surface area contributed by atoms with E-state index < -0.39 is 6.04 Å². The van der Waals surface area contributed by atoms with Crippen molar-refractivity contribution >= 4 is 17.5 Å². The highest BCUT2D eigenvalue weighted by Crippen LogP contribution is 2.32. The summed E-state index contributed by atoms with van der Waals surface area (Å²) in [5, 5.41) is 2.76. The molecular formula is C17H16N2O3. The van der Waals surface area contributed by atoms with Gasteiger partial charge < -0.3 is 9.73 Å². The van der Waals surface area contributed by atoms with Crippen LogP contribution in [0.2, 0.25) is 0 Å². The van der Waals surface area contributed by atoms with Crippen LogP contribution in [-0.2, 0) is 11.3 Å². The van der Waals surface area contributed by atoms with Crippen molar-refractivity contribution in [3.05, 3.63) is 66.1 Å². The Morgan fingerprint density at radius 2 is 2.00 bits per heavy atom. The molecule has 1 aromatic heterocycles. The summed E-state index contributed by atoms with van der Waals surface area (Å²) >= 11 is 0. The molecule has 0 fully saturated rings. The number of benzene rings is 1. The van der Waals surface area contributed by atoms with Gasteiger partial charge in [0.1, 0.15) is 11.8 Å². The zero-order chi connectivity index (χ0) is 15.7. The summed E-state index contributed by atoms with van der Waals surface area (Å²) in [6.07, 6.45) is 1.55. The van der Waals surface area contributed by atoms with Gasteiger partial charge in [-0.1, -0.05) is 24.8 Å². The summed E-state index contributed by atoms with van der Waals surface area (Å²) in [6, 6.07) is 10.1. The SMILES string of the molecule is C=C1c2ccccc2C(=O)N1[C@@H](C)C(=O)NCc1ccco1. The average molecular weight is 296 g/mol. The lowest BCUT2D eigenvalue weighted by Gasteiger charge is -2.24. The Labute approximate surface area is 128 Å². The van der Waals surface area contributed by atoms with Crippen molar-refractivity contribution in [2.24, 2.45) is 0 Å². The van der Waals surface area contributed by atoms with E-state index in [9.17, 15) is 9.59 Å². The largest absolute Gasteiger partial charge is 0.467 e. The molecule has 3 rings (SSSR count). The predicted molar refractivity (Wildman–Crippen MR) is 81.7 cm³/mol. The third-order valence-corrected chi connectivity index (χ3v) is 3.76. The molecule has 0 bridgehead atoms. The fourth-order valence-electron chi connectivity index (χ4n) is 2.57. The van der Waals surface area contributed by atoms with Crippen molar-refractivity contribution in [1.82, 2.24) is 10.2 Å². The van der Waals surface area contributed by atoms with E-state index >= 15 is 0 Å². The predicted octanol–water partition coefficient (Wildman–Crippen LogP) is 2.41. The van der Waals surface area contributed by atoms with E-state index in [4.69, 9.17) is 4.42 Å². The van der Waals surface area contributed by atoms with Gasteiger partial charge >= 0.3 is 0 Å². The number of carbonyl (C=O) groups excluding carboxylic acids is 2. The van der Waals surface area contributed by atoms with Crippen LogP contribution in [0.4, 0.5) is 0 Å². The van der Waals surface area contributed by atoms with Crippen LogP contribution in [0.3, 0.4) is 0 Å². The summed E-state index contributed by atoms with van der Waals surface area (Å²) < 4.78 is 5.17. The lowest BCUT2D eigenvalue weighted by atomic mass is 10.1. The summed E-state index contributed by atoms with van der Waals surface area (Å²) in [7, 11) is 0. The van der Waals surface area contributed by atoms with Crippen LogP contribution in [0.25, 0.3) is 5.70 Å². The second-order valence-electron chi connectivity index (χ2n) is 5.14. The van der Waals surface area contributed by atoms with Gasteiger partial charge in [0.2, 0.25) is 5.91 Å². The maximum absolute atomic E-state index is 12.5. The van der Waals surface area contributed by atoms with Crippen LogP contribution in [-0.4, -0.2) is 22.8 Å². The molecule has 2 heterocycles. The van der Waals surface area contributed by atoms with Crippen LogP contribution in [0, 0.1) is 0 Å². The van der Waals surface area contributed by atoms with Crippen molar-refractivity contribution < 1.29 is 14.0 Å². The second-order valence-corrected chi connectivity index (χ2v) is 5.14. The first-order valence-electron chi connectivity index (χ1n) is 7.01. The van der Waals surface area contributed by atoms with E-state index in [0.29, 0.717) is 17.0 Å². The molecule has 0 radical (unpaired) electrons. The Morgan fingerprint density at radius 1 is 1.27 bits per heavy atom. The number of hydrogen-bond acceptors (Lipinski definition) is 3. The molecule has 5 nitrogen and oxygen atoms in total. The van der Waals surface area contributed by atoms with E-state index in [1.807, 2.05) is 12.1 Å². The lowest BCUT2D eigenvalue weighted by Crippen LogP contribution is -2.44. The minimum absolute atomic E-state index is 0.193. The van der Waals surface area contributed by atoms with Gasteiger partial charge in [-0.3, -0.25) is 14.5 Å². The highest BCUT2D eigenvalue weighted by atomic mass is 16.3. The highest BCUT2D eigenvalue weighted by Gasteiger charge is 2.36. The minimum atomic E-state index is -0.637. The molecule has 0 spiro atoms. The fourth-order valence-corrected chi connectivity index (χ4v) is 2.57. The van der Waals surface area contributed by atoms with Gasteiger partial charge in [0, 0.05) is 16.8 Å². The van der Waals surface area contributed by atoms with Crippen LogP contribution in [0.1, 0.15) is 28.6 Å². The molecule has 1 atom stereocenters. The third kappa shape index (κ3) is 2.30. The standard InChI is InChI=1S/C17H16N2O3/c1-11-14-7-3-4-8-15(14)17(21)19(11)12(2)16(20)18-10-13-6-5-9-22-13/h3-9,12H,1,10H2,2H3,(H,18,20)/t12-/m0/s1. The normalized spacial score (nSPS) is 14.9. The molecule has 1 aliphatic heterocycles. The number of fused-ring (bicyclic) bond motifs is 1.